The van der Waals surface area contributed by atoms with Gasteiger partial charge in [-0.3, -0.25) is 0 Å². The van der Waals surface area contributed by atoms with Gasteiger partial charge in [-0.05, 0) is 31.0 Å². The van der Waals surface area contributed by atoms with E-state index in [4.69, 9.17) is 10.5 Å². The topological polar surface area (TPSA) is 72.6 Å². The number of anilines is 1. The lowest BCUT2D eigenvalue weighted by molar-refractivity contribution is 0.343. The zero-order chi connectivity index (χ0) is 15.5. The molecule has 1 saturated carbocycles. The van der Waals surface area contributed by atoms with E-state index in [-0.39, 0.29) is 10.9 Å². The van der Waals surface area contributed by atoms with Crippen LogP contribution in [0.15, 0.2) is 35.7 Å². The van der Waals surface area contributed by atoms with Crippen LogP contribution in [0.5, 0.6) is 5.75 Å². The maximum absolute atomic E-state index is 13.0. The number of benzene rings is 1. The second-order valence-electron chi connectivity index (χ2n) is 5.21. The standard InChI is InChI=1S/C15H22N2O3S/c1-3-10-17(13-6-4-5-7-13)21(18,19)15-11-12(16)8-9-14(15)20-2/h3,8-9,11,13H,1,4-7,10,16H2,2H3. The summed E-state index contributed by atoms with van der Waals surface area (Å²) in [6.45, 7) is 3.97. The Hall–Kier alpha value is -1.53. The van der Waals surface area contributed by atoms with Crippen LogP contribution in [-0.4, -0.2) is 32.4 Å². The minimum Gasteiger partial charge on any atom is -0.495 e. The summed E-state index contributed by atoms with van der Waals surface area (Å²) in [5.74, 6) is 0.316. The van der Waals surface area contributed by atoms with Crippen LogP contribution in [0.4, 0.5) is 5.69 Å². The quantitative estimate of drug-likeness (QED) is 0.647. The van der Waals surface area contributed by atoms with Crippen LogP contribution in [0.2, 0.25) is 0 Å². The lowest BCUT2D eigenvalue weighted by Gasteiger charge is -2.27. The Morgan fingerprint density at radius 3 is 2.67 bits per heavy atom. The van der Waals surface area contributed by atoms with Crippen molar-refractivity contribution in [2.45, 2.75) is 36.6 Å². The van der Waals surface area contributed by atoms with Crippen LogP contribution in [0.25, 0.3) is 0 Å². The van der Waals surface area contributed by atoms with Gasteiger partial charge in [-0.25, -0.2) is 8.42 Å². The average Bonchev–Trinajstić information content (AvgIpc) is 2.98. The molecule has 0 amide bonds. The molecule has 1 aliphatic carbocycles. The van der Waals surface area contributed by atoms with Gasteiger partial charge in [0, 0.05) is 18.3 Å². The monoisotopic (exact) mass is 310 g/mol. The van der Waals surface area contributed by atoms with Gasteiger partial charge in [0.25, 0.3) is 0 Å². The second-order valence-corrected chi connectivity index (χ2v) is 7.07. The first-order valence-corrected chi connectivity index (χ1v) is 8.51. The smallest absolute Gasteiger partial charge is 0.247 e. The van der Waals surface area contributed by atoms with E-state index in [2.05, 4.69) is 6.58 Å². The summed E-state index contributed by atoms with van der Waals surface area (Å²) >= 11 is 0. The molecule has 5 nitrogen and oxygen atoms in total. The van der Waals surface area contributed by atoms with E-state index in [1.807, 2.05) is 0 Å². The summed E-state index contributed by atoms with van der Waals surface area (Å²) < 4.78 is 32.7. The largest absolute Gasteiger partial charge is 0.495 e. The molecule has 0 spiro atoms. The van der Waals surface area contributed by atoms with Crippen LogP contribution >= 0.6 is 0 Å². The lowest BCUT2D eigenvalue weighted by Crippen LogP contribution is -2.39. The van der Waals surface area contributed by atoms with Gasteiger partial charge in [-0.15, -0.1) is 6.58 Å². The van der Waals surface area contributed by atoms with Gasteiger partial charge in [0.1, 0.15) is 10.6 Å². The van der Waals surface area contributed by atoms with Gasteiger partial charge in [0.15, 0.2) is 0 Å². The fourth-order valence-electron chi connectivity index (χ4n) is 2.78. The van der Waals surface area contributed by atoms with Crippen LogP contribution in [0, 0.1) is 0 Å². The third kappa shape index (κ3) is 3.22. The van der Waals surface area contributed by atoms with Crippen molar-refractivity contribution in [3.05, 3.63) is 30.9 Å². The van der Waals surface area contributed by atoms with E-state index in [0.29, 0.717) is 18.0 Å². The van der Waals surface area contributed by atoms with Gasteiger partial charge in [-0.1, -0.05) is 18.9 Å². The van der Waals surface area contributed by atoms with Crippen LogP contribution in [-0.2, 0) is 10.0 Å². The molecule has 1 aromatic carbocycles. The number of nitrogens with zero attached hydrogens (tertiary/aromatic N) is 1. The number of nitrogens with two attached hydrogens (primary N) is 1. The molecule has 0 aliphatic heterocycles. The maximum Gasteiger partial charge on any atom is 0.247 e. The molecule has 0 saturated heterocycles. The third-order valence-electron chi connectivity index (χ3n) is 3.82. The summed E-state index contributed by atoms with van der Waals surface area (Å²) in [5.41, 5.74) is 6.15. The van der Waals surface area contributed by atoms with Crippen molar-refractivity contribution < 1.29 is 13.2 Å². The Bertz CT molecular complexity index is 607. The molecule has 1 aliphatic rings. The SMILES string of the molecule is C=CCN(C1CCCC1)S(=O)(=O)c1cc(N)ccc1OC. The predicted octanol–water partition coefficient (Wildman–Crippen LogP) is 2.40. The zero-order valence-corrected chi connectivity index (χ0v) is 13.1. The Morgan fingerprint density at radius 2 is 2.10 bits per heavy atom. The predicted molar refractivity (Wildman–Crippen MR) is 83.8 cm³/mol. The van der Waals surface area contributed by atoms with Crippen molar-refractivity contribution in [1.82, 2.24) is 4.31 Å². The van der Waals surface area contributed by atoms with Crippen molar-refractivity contribution in [2.75, 3.05) is 19.4 Å². The summed E-state index contributed by atoms with van der Waals surface area (Å²) in [7, 11) is -2.20. The number of nitrogen functional groups attached to an aromatic ring is 1. The Balaban J connectivity index is 2.47. The maximum atomic E-state index is 13.0. The Kier molecular flexibility index (Phi) is 4.90. The molecule has 116 valence electrons. The molecule has 0 bridgehead atoms. The number of hydrogen-bond donors (Lipinski definition) is 1. The Morgan fingerprint density at radius 1 is 1.43 bits per heavy atom. The second kappa shape index (κ2) is 6.49. The van der Waals surface area contributed by atoms with Crippen molar-refractivity contribution >= 4 is 15.7 Å². The highest BCUT2D eigenvalue weighted by Gasteiger charge is 2.34. The van der Waals surface area contributed by atoms with Crippen molar-refractivity contribution in [2.24, 2.45) is 0 Å². The first-order valence-electron chi connectivity index (χ1n) is 7.07. The van der Waals surface area contributed by atoms with Gasteiger partial charge < -0.3 is 10.5 Å². The molecule has 1 fully saturated rings. The van der Waals surface area contributed by atoms with E-state index < -0.39 is 10.0 Å². The van der Waals surface area contributed by atoms with E-state index in [9.17, 15) is 8.42 Å². The van der Waals surface area contributed by atoms with Gasteiger partial charge in [-0.2, -0.15) is 4.31 Å². The van der Waals surface area contributed by atoms with Crippen LogP contribution in [0.1, 0.15) is 25.7 Å². The molecule has 0 unspecified atom stereocenters. The summed E-state index contributed by atoms with van der Waals surface area (Å²) in [6, 6.07) is 4.70. The molecular weight excluding hydrogens is 288 g/mol. The summed E-state index contributed by atoms with van der Waals surface area (Å²) in [6.07, 6.45) is 5.51. The lowest BCUT2D eigenvalue weighted by atomic mass is 10.2. The molecule has 0 atom stereocenters. The van der Waals surface area contributed by atoms with Gasteiger partial charge in [0.2, 0.25) is 10.0 Å². The number of hydrogen-bond acceptors (Lipinski definition) is 4. The first-order chi connectivity index (χ1) is 10.0. The Labute approximate surface area is 126 Å². The van der Waals surface area contributed by atoms with Crippen molar-refractivity contribution in [1.29, 1.82) is 0 Å². The van der Waals surface area contributed by atoms with E-state index in [0.717, 1.165) is 25.7 Å². The summed E-state index contributed by atoms with van der Waals surface area (Å²) in [5, 5.41) is 0. The van der Waals surface area contributed by atoms with Gasteiger partial charge in [0.05, 0.1) is 7.11 Å². The van der Waals surface area contributed by atoms with Crippen molar-refractivity contribution in [3.63, 3.8) is 0 Å². The first kappa shape index (κ1) is 15.9. The highest BCUT2D eigenvalue weighted by molar-refractivity contribution is 7.89. The fourth-order valence-corrected chi connectivity index (χ4v) is 4.63. The van der Waals surface area contributed by atoms with E-state index >= 15 is 0 Å². The van der Waals surface area contributed by atoms with Crippen molar-refractivity contribution in [3.8, 4) is 5.75 Å². The molecule has 0 heterocycles. The molecule has 21 heavy (non-hydrogen) atoms. The minimum absolute atomic E-state index is 0.0270. The van der Waals surface area contributed by atoms with E-state index in [1.54, 1.807) is 18.2 Å². The molecular formula is C15H22N2O3S. The normalized spacial score (nSPS) is 16.3. The van der Waals surface area contributed by atoms with Gasteiger partial charge >= 0.3 is 0 Å². The zero-order valence-electron chi connectivity index (χ0n) is 12.3. The van der Waals surface area contributed by atoms with Crippen LogP contribution < -0.4 is 10.5 Å². The number of methoxy groups -OCH3 is 1. The molecule has 2 rings (SSSR count). The molecule has 1 aromatic rings. The number of sulfonamides is 1. The highest BCUT2D eigenvalue weighted by Crippen LogP contribution is 2.33. The highest BCUT2D eigenvalue weighted by atomic mass is 32.2. The average molecular weight is 310 g/mol. The fraction of sp³-hybridized carbons (Fsp3) is 0.467. The van der Waals surface area contributed by atoms with Crippen LogP contribution in [0.3, 0.4) is 0 Å². The third-order valence-corrected chi connectivity index (χ3v) is 5.75. The summed E-state index contributed by atoms with van der Waals surface area (Å²) in [4.78, 5) is 0.124. The molecule has 0 aromatic heterocycles. The molecule has 2 N–H and O–H groups in total. The molecule has 0 radical (unpaired) electrons. The molecule has 6 heteroatoms. The number of ether oxygens (including phenoxy) is 1. The number of rotatable bonds is 6. The van der Waals surface area contributed by atoms with E-state index in [1.165, 1.54) is 17.5 Å². The minimum atomic E-state index is -3.65.